The second-order valence-corrected chi connectivity index (χ2v) is 3.23. The summed E-state index contributed by atoms with van der Waals surface area (Å²) in [5, 5.41) is 9.39. The van der Waals surface area contributed by atoms with Gasteiger partial charge in [-0.2, -0.15) is 0 Å². The second-order valence-electron chi connectivity index (χ2n) is 3.23. The van der Waals surface area contributed by atoms with Gasteiger partial charge in [-0.1, -0.05) is 18.2 Å². The first-order chi connectivity index (χ1) is 7.15. The van der Waals surface area contributed by atoms with Crippen molar-refractivity contribution in [1.82, 2.24) is 0 Å². The Morgan fingerprint density at radius 1 is 1.47 bits per heavy atom. The van der Waals surface area contributed by atoms with Crippen LogP contribution in [0.2, 0.25) is 0 Å². The summed E-state index contributed by atoms with van der Waals surface area (Å²) in [6.45, 7) is 4.00. The van der Waals surface area contributed by atoms with E-state index in [1.807, 2.05) is 19.9 Å². The SMILES string of the molecule is C/C=C(\C)COC(=O)c1ccccc1O. The molecule has 1 N–H and O–H groups in total. The average Bonchev–Trinajstić information content (AvgIpc) is 2.26. The summed E-state index contributed by atoms with van der Waals surface area (Å²) < 4.78 is 4.99. The molecule has 1 aromatic rings. The van der Waals surface area contributed by atoms with Gasteiger partial charge in [0, 0.05) is 0 Å². The topological polar surface area (TPSA) is 46.5 Å². The van der Waals surface area contributed by atoms with Gasteiger partial charge in [-0.3, -0.25) is 0 Å². The number of esters is 1. The van der Waals surface area contributed by atoms with E-state index in [-0.39, 0.29) is 17.9 Å². The lowest BCUT2D eigenvalue weighted by Crippen LogP contribution is -2.07. The van der Waals surface area contributed by atoms with Gasteiger partial charge in [0.1, 0.15) is 17.9 Å². The molecule has 3 nitrogen and oxygen atoms in total. The fraction of sp³-hybridized carbons (Fsp3) is 0.250. The molecule has 0 bridgehead atoms. The van der Waals surface area contributed by atoms with Crippen LogP contribution in [-0.4, -0.2) is 17.7 Å². The van der Waals surface area contributed by atoms with E-state index in [0.717, 1.165) is 5.57 Å². The number of rotatable bonds is 3. The minimum atomic E-state index is -0.505. The molecule has 0 saturated carbocycles. The van der Waals surface area contributed by atoms with E-state index in [2.05, 4.69) is 0 Å². The van der Waals surface area contributed by atoms with E-state index in [9.17, 15) is 9.90 Å². The zero-order valence-electron chi connectivity index (χ0n) is 8.86. The molecule has 15 heavy (non-hydrogen) atoms. The van der Waals surface area contributed by atoms with Crippen LogP contribution in [0.5, 0.6) is 5.75 Å². The van der Waals surface area contributed by atoms with E-state index in [0.29, 0.717) is 0 Å². The monoisotopic (exact) mass is 206 g/mol. The Hall–Kier alpha value is -1.77. The van der Waals surface area contributed by atoms with E-state index < -0.39 is 5.97 Å². The predicted molar refractivity (Wildman–Crippen MR) is 57.8 cm³/mol. The van der Waals surface area contributed by atoms with Crippen molar-refractivity contribution in [3.63, 3.8) is 0 Å². The summed E-state index contributed by atoms with van der Waals surface area (Å²) in [6, 6.07) is 6.32. The number of ether oxygens (including phenoxy) is 1. The number of carbonyl (C=O) groups excluding carboxylic acids is 1. The molecule has 0 unspecified atom stereocenters. The molecule has 0 amide bonds. The summed E-state index contributed by atoms with van der Waals surface area (Å²) in [6.07, 6.45) is 1.87. The maximum atomic E-state index is 11.5. The van der Waals surface area contributed by atoms with Crippen LogP contribution in [0.4, 0.5) is 0 Å². The Bertz CT molecular complexity index is 380. The molecule has 0 heterocycles. The normalized spacial score (nSPS) is 11.2. The fourth-order valence-corrected chi connectivity index (χ4v) is 0.987. The van der Waals surface area contributed by atoms with Crippen molar-refractivity contribution in [1.29, 1.82) is 0 Å². The summed E-state index contributed by atoms with van der Waals surface area (Å²) in [5.74, 6) is -0.560. The van der Waals surface area contributed by atoms with Crippen LogP contribution in [0.25, 0.3) is 0 Å². The highest BCUT2D eigenvalue weighted by Crippen LogP contribution is 2.16. The van der Waals surface area contributed by atoms with E-state index in [4.69, 9.17) is 4.74 Å². The van der Waals surface area contributed by atoms with Crippen LogP contribution in [0.15, 0.2) is 35.9 Å². The first-order valence-electron chi connectivity index (χ1n) is 4.72. The lowest BCUT2D eigenvalue weighted by Gasteiger charge is -2.05. The van der Waals surface area contributed by atoms with Crippen molar-refractivity contribution >= 4 is 5.97 Å². The maximum Gasteiger partial charge on any atom is 0.342 e. The molecule has 0 aliphatic rings. The number of phenols is 1. The van der Waals surface area contributed by atoms with Crippen LogP contribution in [0.1, 0.15) is 24.2 Å². The Kier molecular flexibility index (Phi) is 3.92. The van der Waals surface area contributed by atoms with E-state index in [1.54, 1.807) is 12.1 Å². The Morgan fingerprint density at radius 3 is 2.73 bits per heavy atom. The van der Waals surface area contributed by atoms with Crippen molar-refractivity contribution in [2.75, 3.05) is 6.61 Å². The molecule has 0 radical (unpaired) electrons. The third-order valence-electron chi connectivity index (χ3n) is 2.05. The van der Waals surface area contributed by atoms with Crippen LogP contribution >= 0.6 is 0 Å². The number of aromatic hydroxyl groups is 1. The number of phenolic OH excluding ortho intramolecular Hbond substituents is 1. The van der Waals surface area contributed by atoms with E-state index in [1.165, 1.54) is 12.1 Å². The zero-order chi connectivity index (χ0) is 11.3. The van der Waals surface area contributed by atoms with Crippen LogP contribution in [-0.2, 0) is 4.74 Å². The molecular formula is C12H14O3. The average molecular weight is 206 g/mol. The molecule has 1 rings (SSSR count). The number of carbonyl (C=O) groups is 1. The van der Waals surface area contributed by atoms with Gasteiger partial charge in [0.15, 0.2) is 0 Å². The lowest BCUT2D eigenvalue weighted by molar-refractivity contribution is 0.0536. The highest BCUT2D eigenvalue weighted by molar-refractivity contribution is 5.92. The molecule has 80 valence electrons. The minimum absolute atomic E-state index is 0.0550. The van der Waals surface area contributed by atoms with Crippen LogP contribution in [0, 0.1) is 0 Å². The van der Waals surface area contributed by atoms with Crippen molar-refractivity contribution in [2.45, 2.75) is 13.8 Å². The van der Waals surface area contributed by atoms with E-state index >= 15 is 0 Å². The lowest BCUT2D eigenvalue weighted by atomic mass is 10.2. The van der Waals surface area contributed by atoms with Crippen molar-refractivity contribution in [3.8, 4) is 5.75 Å². The molecule has 0 atom stereocenters. The molecule has 0 spiro atoms. The van der Waals surface area contributed by atoms with Crippen molar-refractivity contribution in [3.05, 3.63) is 41.5 Å². The number of allylic oxidation sites excluding steroid dienone is 1. The Balaban J connectivity index is 2.66. The van der Waals surface area contributed by atoms with Gasteiger partial charge in [0.2, 0.25) is 0 Å². The van der Waals surface area contributed by atoms with Crippen LogP contribution in [0.3, 0.4) is 0 Å². The quantitative estimate of drug-likeness (QED) is 0.610. The molecule has 0 aromatic heterocycles. The largest absolute Gasteiger partial charge is 0.507 e. The third-order valence-corrected chi connectivity index (χ3v) is 2.05. The van der Waals surface area contributed by atoms with Crippen molar-refractivity contribution in [2.24, 2.45) is 0 Å². The maximum absolute atomic E-state index is 11.5. The minimum Gasteiger partial charge on any atom is -0.507 e. The third kappa shape index (κ3) is 3.13. The first kappa shape index (κ1) is 11.3. The number of para-hydroxylation sites is 1. The zero-order valence-corrected chi connectivity index (χ0v) is 8.86. The van der Waals surface area contributed by atoms with Crippen LogP contribution < -0.4 is 0 Å². The Morgan fingerprint density at radius 2 is 2.13 bits per heavy atom. The van der Waals surface area contributed by atoms with Gasteiger partial charge in [-0.25, -0.2) is 4.79 Å². The van der Waals surface area contributed by atoms with Gasteiger partial charge in [0.05, 0.1) is 0 Å². The molecule has 3 heteroatoms. The summed E-state index contributed by atoms with van der Waals surface area (Å²) in [7, 11) is 0. The molecule has 0 aliphatic carbocycles. The molecule has 1 aromatic carbocycles. The predicted octanol–water partition coefficient (Wildman–Crippen LogP) is 2.52. The van der Waals surface area contributed by atoms with Crippen molar-refractivity contribution < 1.29 is 14.6 Å². The molecule has 0 aliphatic heterocycles. The fourth-order valence-electron chi connectivity index (χ4n) is 0.987. The van der Waals surface area contributed by atoms with Gasteiger partial charge in [0.25, 0.3) is 0 Å². The summed E-state index contributed by atoms with van der Waals surface area (Å²) >= 11 is 0. The highest BCUT2D eigenvalue weighted by atomic mass is 16.5. The molecule has 0 saturated heterocycles. The smallest absolute Gasteiger partial charge is 0.342 e. The summed E-state index contributed by atoms with van der Waals surface area (Å²) in [5.41, 5.74) is 1.17. The van der Waals surface area contributed by atoms with Gasteiger partial charge in [-0.15, -0.1) is 0 Å². The standard InChI is InChI=1S/C12H14O3/c1-3-9(2)8-15-12(14)10-6-4-5-7-11(10)13/h3-7,13H,8H2,1-2H3/b9-3+. The van der Waals surface area contributed by atoms with Gasteiger partial charge < -0.3 is 9.84 Å². The molecular weight excluding hydrogens is 192 g/mol. The number of hydrogen-bond acceptors (Lipinski definition) is 3. The number of benzene rings is 1. The van der Waals surface area contributed by atoms with Gasteiger partial charge in [-0.05, 0) is 31.6 Å². The Labute approximate surface area is 89.0 Å². The highest BCUT2D eigenvalue weighted by Gasteiger charge is 2.11. The molecule has 0 fully saturated rings. The first-order valence-corrected chi connectivity index (χ1v) is 4.72. The number of hydrogen-bond donors (Lipinski definition) is 1. The van der Waals surface area contributed by atoms with Gasteiger partial charge >= 0.3 is 5.97 Å². The second kappa shape index (κ2) is 5.20. The summed E-state index contributed by atoms with van der Waals surface area (Å²) in [4.78, 5) is 11.5.